The fourth-order valence-electron chi connectivity index (χ4n) is 3.37. The van der Waals surface area contributed by atoms with Crippen molar-refractivity contribution >= 4 is 11.6 Å². The molecule has 1 aliphatic heterocycles. The molecule has 0 aliphatic carbocycles. The molecule has 160 valence electrons. The monoisotopic (exact) mass is 416 g/mol. The lowest BCUT2D eigenvalue weighted by Crippen LogP contribution is -2.42. The third kappa shape index (κ3) is 4.73. The first-order valence-electron chi connectivity index (χ1n) is 9.34. The van der Waals surface area contributed by atoms with E-state index in [2.05, 4.69) is 5.32 Å². The molecule has 0 spiro atoms. The normalized spacial score (nSPS) is 16.6. The summed E-state index contributed by atoms with van der Waals surface area (Å²) in [6.07, 6.45) is 0.587. The van der Waals surface area contributed by atoms with E-state index < -0.39 is 10.5 Å². The Morgan fingerprint density at radius 1 is 1.20 bits per heavy atom. The van der Waals surface area contributed by atoms with Crippen LogP contribution in [0.4, 0.5) is 5.69 Å². The lowest BCUT2D eigenvalue weighted by Gasteiger charge is -2.38. The zero-order valence-corrected chi connectivity index (χ0v) is 17.3. The highest BCUT2D eigenvalue weighted by Gasteiger charge is 2.34. The van der Waals surface area contributed by atoms with Crippen LogP contribution >= 0.6 is 0 Å². The van der Waals surface area contributed by atoms with Crippen LogP contribution in [-0.2, 0) is 4.79 Å². The Labute approximate surface area is 174 Å². The summed E-state index contributed by atoms with van der Waals surface area (Å²) in [6, 6.07) is 9.32. The largest absolute Gasteiger partial charge is 0.497 e. The summed E-state index contributed by atoms with van der Waals surface area (Å²) < 4.78 is 21.8. The molecular weight excluding hydrogens is 392 g/mol. The summed E-state index contributed by atoms with van der Waals surface area (Å²) in [5, 5.41) is 13.9. The van der Waals surface area contributed by atoms with Crippen molar-refractivity contribution in [1.82, 2.24) is 5.32 Å². The summed E-state index contributed by atoms with van der Waals surface area (Å²) >= 11 is 0. The van der Waals surface area contributed by atoms with Gasteiger partial charge in [0.2, 0.25) is 5.75 Å². The molecule has 1 N–H and O–H groups in total. The molecule has 1 atom stereocenters. The average Bonchev–Trinajstić information content (AvgIpc) is 2.70. The molecule has 0 saturated carbocycles. The fraction of sp³-hybridized carbons (Fsp3) is 0.381. The molecular formula is C21H24N2O7. The number of methoxy groups -OCH3 is 2. The second kappa shape index (κ2) is 8.48. The van der Waals surface area contributed by atoms with E-state index in [0.29, 0.717) is 23.7 Å². The summed E-state index contributed by atoms with van der Waals surface area (Å²) in [4.78, 5) is 22.9. The number of nitro benzene ring substituents is 1. The number of nitrogens with one attached hydrogen (secondary N) is 1. The second-order valence-electron chi connectivity index (χ2n) is 7.47. The number of fused-ring (bicyclic) bond motifs is 1. The Kier molecular flexibility index (Phi) is 6.00. The molecule has 0 radical (unpaired) electrons. The Hall–Kier alpha value is -3.49. The number of amides is 1. The number of nitrogens with zero attached hydrogens (tertiary/aromatic N) is 1. The predicted molar refractivity (Wildman–Crippen MR) is 108 cm³/mol. The third-order valence-electron chi connectivity index (χ3n) is 4.73. The van der Waals surface area contributed by atoms with E-state index >= 15 is 0 Å². The Morgan fingerprint density at radius 2 is 1.93 bits per heavy atom. The molecule has 1 heterocycles. The van der Waals surface area contributed by atoms with Crippen LogP contribution in [0.15, 0.2) is 36.4 Å². The maximum atomic E-state index is 12.5. The molecule has 2 aromatic rings. The first-order valence-corrected chi connectivity index (χ1v) is 9.34. The van der Waals surface area contributed by atoms with Crippen molar-refractivity contribution in [2.24, 2.45) is 0 Å². The van der Waals surface area contributed by atoms with Crippen molar-refractivity contribution in [2.75, 3.05) is 20.8 Å². The SMILES string of the molecule is COc1ccc2c(c1)OC(C)(C)CC2NC(=O)COc1ccc([N+](=O)[O-])c(OC)c1. The summed E-state index contributed by atoms with van der Waals surface area (Å²) in [5.41, 5.74) is 0.218. The first-order chi connectivity index (χ1) is 14.2. The average molecular weight is 416 g/mol. The van der Waals surface area contributed by atoms with E-state index in [1.165, 1.54) is 25.3 Å². The zero-order chi connectivity index (χ0) is 21.9. The number of hydrogen-bond acceptors (Lipinski definition) is 7. The van der Waals surface area contributed by atoms with Crippen LogP contribution in [-0.4, -0.2) is 37.3 Å². The molecule has 1 amide bonds. The summed E-state index contributed by atoms with van der Waals surface area (Å²) in [6.45, 7) is 3.66. The molecule has 0 fully saturated rings. The van der Waals surface area contributed by atoms with Gasteiger partial charge in [-0.25, -0.2) is 0 Å². The van der Waals surface area contributed by atoms with Crippen LogP contribution in [0.1, 0.15) is 31.9 Å². The minimum atomic E-state index is -0.547. The van der Waals surface area contributed by atoms with Gasteiger partial charge in [-0.05, 0) is 32.0 Å². The van der Waals surface area contributed by atoms with Crippen molar-refractivity contribution in [3.05, 3.63) is 52.1 Å². The van der Waals surface area contributed by atoms with Crippen LogP contribution in [0.3, 0.4) is 0 Å². The number of carbonyl (C=O) groups is 1. The number of carbonyl (C=O) groups excluding carboxylic acids is 1. The molecule has 2 aromatic carbocycles. The maximum Gasteiger partial charge on any atom is 0.311 e. The highest BCUT2D eigenvalue weighted by atomic mass is 16.6. The molecule has 1 unspecified atom stereocenters. The second-order valence-corrected chi connectivity index (χ2v) is 7.47. The molecule has 3 rings (SSSR count). The van der Waals surface area contributed by atoms with Crippen LogP contribution in [0, 0.1) is 10.1 Å². The minimum absolute atomic E-state index is 0.0620. The van der Waals surface area contributed by atoms with Gasteiger partial charge in [-0.1, -0.05) is 0 Å². The highest BCUT2D eigenvalue weighted by Crippen LogP contribution is 2.41. The van der Waals surface area contributed by atoms with Crippen molar-refractivity contribution in [2.45, 2.75) is 31.9 Å². The predicted octanol–water partition coefficient (Wildman–Crippen LogP) is 3.41. The van der Waals surface area contributed by atoms with Gasteiger partial charge in [-0.15, -0.1) is 0 Å². The third-order valence-corrected chi connectivity index (χ3v) is 4.73. The Balaban J connectivity index is 1.69. The lowest BCUT2D eigenvalue weighted by atomic mass is 9.89. The first kappa shape index (κ1) is 21.2. The van der Waals surface area contributed by atoms with E-state index in [-0.39, 0.29) is 30.0 Å². The maximum absolute atomic E-state index is 12.5. The van der Waals surface area contributed by atoms with Crippen molar-refractivity contribution in [1.29, 1.82) is 0 Å². The standard InChI is InChI=1S/C21H24N2O7/c1-21(2)11-16(15-7-5-13(27-3)9-18(15)30-21)22-20(24)12-29-14-6-8-17(23(25)26)19(10-14)28-4/h5-10,16H,11-12H2,1-4H3,(H,22,24). The molecule has 9 nitrogen and oxygen atoms in total. The molecule has 9 heteroatoms. The number of hydrogen-bond donors (Lipinski definition) is 1. The van der Waals surface area contributed by atoms with Gasteiger partial charge in [-0.2, -0.15) is 0 Å². The fourth-order valence-corrected chi connectivity index (χ4v) is 3.37. The van der Waals surface area contributed by atoms with E-state index in [1.807, 2.05) is 26.0 Å². The van der Waals surface area contributed by atoms with E-state index in [4.69, 9.17) is 18.9 Å². The van der Waals surface area contributed by atoms with Gasteiger partial charge in [0.25, 0.3) is 5.91 Å². The summed E-state index contributed by atoms with van der Waals surface area (Å²) in [5.74, 6) is 1.37. The van der Waals surface area contributed by atoms with E-state index in [0.717, 1.165) is 5.56 Å². The number of benzene rings is 2. The molecule has 1 aliphatic rings. The van der Waals surface area contributed by atoms with Crippen LogP contribution in [0.2, 0.25) is 0 Å². The van der Waals surface area contributed by atoms with Crippen LogP contribution in [0.25, 0.3) is 0 Å². The van der Waals surface area contributed by atoms with Gasteiger partial charge < -0.3 is 24.3 Å². The topological polar surface area (TPSA) is 109 Å². The highest BCUT2D eigenvalue weighted by molar-refractivity contribution is 5.78. The number of ether oxygens (including phenoxy) is 4. The van der Waals surface area contributed by atoms with E-state index in [9.17, 15) is 14.9 Å². The smallest absolute Gasteiger partial charge is 0.311 e. The molecule has 0 aromatic heterocycles. The van der Waals surface area contributed by atoms with Gasteiger partial charge in [-0.3, -0.25) is 14.9 Å². The Morgan fingerprint density at radius 3 is 2.60 bits per heavy atom. The molecule has 0 saturated heterocycles. The molecule has 30 heavy (non-hydrogen) atoms. The van der Waals surface area contributed by atoms with Crippen LogP contribution < -0.4 is 24.3 Å². The number of nitro groups is 1. The van der Waals surface area contributed by atoms with Crippen molar-refractivity contribution in [3.63, 3.8) is 0 Å². The van der Waals surface area contributed by atoms with Crippen LogP contribution in [0.5, 0.6) is 23.0 Å². The Bertz CT molecular complexity index is 958. The quantitative estimate of drug-likeness (QED) is 0.544. The van der Waals surface area contributed by atoms with Crippen molar-refractivity contribution in [3.8, 4) is 23.0 Å². The minimum Gasteiger partial charge on any atom is -0.497 e. The van der Waals surface area contributed by atoms with Gasteiger partial charge in [0.15, 0.2) is 6.61 Å². The van der Waals surface area contributed by atoms with Gasteiger partial charge in [0.1, 0.15) is 22.8 Å². The van der Waals surface area contributed by atoms with E-state index in [1.54, 1.807) is 13.2 Å². The molecule has 0 bridgehead atoms. The van der Waals surface area contributed by atoms with Gasteiger partial charge >= 0.3 is 5.69 Å². The summed E-state index contributed by atoms with van der Waals surface area (Å²) in [7, 11) is 2.91. The van der Waals surface area contributed by atoms with Gasteiger partial charge in [0, 0.05) is 30.2 Å². The lowest BCUT2D eigenvalue weighted by molar-refractivity contribution is -0.385. The van der Waals surface area contributed by atoms with Crippen molar-refractivity contribution < 1.29 is 28.7 Å². The van der Waals surface area contributed by atoms with Gasteiger partial charge in [0.05, 0.1) is 25.2 Å². The number of rotatable bonds is 7. The zero-order valence-electron chi connectivity index (χ0n) is 17.3.